The number of nitrogens with two attached hydrogens (primary N) is 1. The monoisotopic (exact) mass is 318 g/mol. The predicted molar refractivity (Wildman–Crippen MR) is 93.4 cm³/mol. The van der Waals surface area contributed by atoms with Gasteiger partial charge in [0.25, 0.3) is 5.91 Å². The summed E-state index contributed by atoms with van der Waals surface area (Å²) in [5, 5.41) is 0. The van der Waals surface area contributed by atoms with Crippen LogP contribution in [0.4, 0.5) is 0 Å². The molecule has 0 atom stereocenters. The highest BCUT2D eigenvalue weighted by Gasteiger charge is 2.17. The second-order valence-electron chi connectivity index (χ2n) is 5.32. The van der Waals surface area contributed by atoms with Crippen molar-refractivity contribution in [2.24, 2.45) is 5.73 Å². The molecule has 0 unspecified atom stereocenters. The maximum absolute atomic E-state index is 12.8. The molecule has 0 spiro atoms. The average Bonchev–Trinajstić information content (AvgIpc) is 2.49. The number of halogens is 1. The molecule has 3 nitrogen and oxygen atoms in total. The molecule has 2 aromatic carbocycles. The summed E-state index contributed by atoms with van der Waals surface area (Å²) >= 11 is 0. The molecule has 22 heavy (non-hydrogen) atoms. The van der Waals surface area contributed by atoms with E-state index < -0.39 is 0 Å². The molecular weight excluding hydrogens is 296 g/mol. The van der Waals surface area contributed by atoms with Crippen LogP contribution in [0, 0.1) is 13.8 Å². The van der Waals surface area contributed by atoms with E-state index in [4.69, 9.17) is 5.73 Å². The van der Waals surface area contributed by atoms with E-state index >= 15 is 0 Å². The first kappa shape index (κ1) is 18.2. The lowest BCUT2D eigenvalue weighted by Crippen LogP contribution is -2.35. The zero-order chi connectivity index (χ0) is 15.2. The second-order valence-corrected chi connectivity index (χ2v) is 5.32. The van der Waals surface area contributed by atoms with E-state index in [1.807, 2.05) is 67.3 Å². The minimum absolute atomic E-state index is 0. The van der Waals surface area contributed by atoms with Crippen LogP contribution >= 0.6 is 12.4 Å². The molecular formula is C18H23ClN2O. The Morgan fingerprint density at radius 2 is 1.77 bits per heavy atom. The minimum atomic E-state index is 0. The minimum Gasteiger partial charge on any atom is -0.333 e. The van der Waals surface area contributed by atoms with Crippen LogP contribution in [-0.2, 0) is 6.54 Å². The zero-order valence-electron chi connectivity index (χ0n) is 13.1. The number of nitrogens with zero attached hydrogens (tertiary/aromatic N) is 1. The maximum Gasteiger partial charge on any atom is 0.254 e. The average molecular weight is 319 g/mol. The van der Waals surface area contributed by atoms with Crippen LogP contribution in [0.1, 0.15) is 27.0 Å². The van der Waals surface area contributed by atoms with Gasteiger partial charge in [0.05, 0.1) is 0 Å². The van der Waals surface area contributed by atoms with Crippen molar-refractivity contribution in [2.75, 3.05) is 13.1 Å². The number of hydrogen-bond acceptors (Lipinski definition) is 2. The fourth-order valence-corrected chi connectivity index (χ4v) is 2.35. The van der Waals surface area contributed by atoms with Crippen molar-refractivity contribution in [3.8, 4) is 0 Å². The van der Waals surface area contributed by atoms with Crippen molar-refractivity contribution in [1.82, 2.24) is 4.90 Å². The Morgan fingerprint density at radius 1 is 1.09 bits per heavy atom. The summed E-state index contributed by atoms with van der Waals surface area (Å²) in [6.07, 6.45) is 0. The fourth-order valence-electron chi connectivity index (χ4n) is 2.35. The van der Waals surface area contributed by atoms with Crippen LogP contribution in [0.5, 0.6) is 0 Å². The van der Waals surface area contributed by atoms with E-state index in [1.165, 1.54) is 0 Å². The van der Waals surface area contributed by atoms with E-state index in [-0.39, 0.29) is 18.3 Å². The Bertz CT molecular complexity index is 614. The highest BCUT2D eigenvalue weighted by molar-refractivity contribution is 5.95. The molecule has 0 aliphatic carbocycles. The lowest BCUT2D eigenvalue weighted by atomic mass is 10.0. The molecule has 118 valence electrons. The van der Waals surface area contributed by atoms with Crippen LogP contribution in [0.3, 0.4) is 0 Å². The van der Waals surface area contributed by atoms with Crippen LogP contribution in [0.15, 0.2) is 48.5 Å². The van der Waals surface area contributed by atoms with E-state index in [2.05, 4.69) is 0 Å². The number of amides is 1. The number of carbonyl (C=O) groups is 1. The Balaban J connectivity index is 0.00000242. The molecule has 0 heterocycles. The Kier molecular flexibility index (Phi) is 7.09. The molecule has 2 aromatic rings. The van der Waals surface area contributed by atoms with E-state index in [0.717, 1.165) is 22.3 Å². The van der Waals surface area contributed by atoms with Crippen molar-refractivity contribution in [1.29, 1.82) is 0 Å². The van der Waals surface area contributed by atoms with Crippen LogP contribution in [0.2, 0.25) is 0 Å². The molecule has 0 aromatic heterocycles. The summed E-state index contributed by atoms with van der Waals surface area (Å²) < 4.78 is 0. The van der Waals surface area contributed by atoms with Crippen molar-refractivity contribution in [2.45, 2.75) is 20.4 Å². The molecule has 0 aliphatic heterocycles. The summed E-state index contributed by atoms with van der Waals surface area (Å²) in [5.74, 6) is 0.0468. The SMILES string of the molecule is Cc1ccc(C)c(C(=O)N(CCN)Cc2ccccc2)c1.Cl. The van der Waals surface area contributed by atoms with E-state index in [0.29, 0.717) is 19.6 Å². The molecule has 0 saturated heterocycles. The standard InChI is InChI=1S/C18H22N2O.ClH/c1-14-8-9-15(2)17(12-14)18(21)20(11-10-19)13-16-6-4-3-5-7-16;/h3-9,12H,10-11,13,19H2,1-2H3;1H. The number of hydrogen-bond donors (Lipinski definition) is 1. The van der Waals surface area contributed by atoms with Gasteiger partial charge in [-0.15, -0.1) is 12.4 Å². The van der Waals surface area contributed by atoms with Gasteiger partial charge in [0.1, 0.15) is 0 Å². The summed E-state index contributed by atoms with van der Waals surface area (Å²) in [5.41, 5.74) is 9.65. The predicted octanol–water partition coefficient (Wildman–Crippen LogP) is 3.33. The molecule has 2 N–H and O–H groups in total. The van der Waals surface area contributed by atoms with Gasteiger partial charge in [-0.05, 0) is 31.0 Å². The third kappa shape index (κ3) is 4.58. The van der Waals surface area contributed by atoms with Crippen LogP contribution < -0.4 is 5.73 Å². The molecule has 0 radical (unpaired) electrons. The van der Waals surface area contributed by atoms with E-state index in [9.17, 15) is 4.79 Å². The largest absolute Gasteiger partial charge is 0.333 e. The molecule has 0 saturated carbocycles. The summed E-state index contributed by atoms with van der Waals surface area (Å²) in [7, 11) is 0. The Morgan fingerprint density at radius 3 is 2.41 bits per heavy atom. The second kappa shape index (κ2) is 8.57. The highest BCUT2D eigenvalue weighted by atomic mass is 35.5. The number of aryl methyl sites for hydroxylation is 2. The first-order valence-corrected chi connectivity index (χ1v) is 7.22. The third-order valence-electron chi connectivity index (χ3n) is 3.53. The van der Waals surface area contributed by atoms with Gasteiger partial charge in [0.15, 0.2) is 0 Å². The van der Waals surface area contributed by atoms with Crippen molar-refractivity contribution < 1.29 is 4.79 Å². The molecule has 4 heteroatoms. The van der Waals surface area contributed by atoms with Gasteiger partial charge in [-0.25, -0.2) is 0 Å². The van der Waals surface area contributed by atoms with Gasteiger partial charge in [-0.1, -0.05) is 48.0 Å². The van der Waals surface area contributed by atoms with Gasteiger partial charge < -0.3 is 10.6 Å². The summed E-state index contributed by atoms with van der Waals surface area (Å²) in [6, 6.07) is 16.0. The summed E-state index contributed by atoms with van der Waals surface area (Å²) in [6.45, 7) is 5.57. The molecule has 0 aliphatic rings. The summed E-state index contributed by atoms with van der Waals surface area (Å²) in [4.78, 5) is 14.6. The number of rotatable bonds is 5. The third-order valence-corrected chi connectivity index (χ3v) is 3.53. The smallest absolute Gasteiger partial charge is 0.254 e. The highest BCUT2D eigenvalue weighted by Crippen LogP contribution is 2.15. The van der Waals surface area contributed by atoms with Gasteiger partial charge in [-0.2, -0.15) is 0 Å². The van der Waals surface area contributed by atoms with Gasteiger partial charge in [-0.3, -0.25) is 4.79 Å². The van der Waals surface area contributed by atoms with Gasteiger partial charge >= 0.3 is 0 Å². The van der Waals surface area contributed by atoms with Crippen molar-refractivity contribution >= 4 is 18.3 Å². The van der Waals surface area contributed by atoms with Crippen molar-refractivity contribution in [3.63, 3.8) is 0 Å². The first-order chi connectivity index (χ1) is 10.1. The lowest BCUT2D eigenvalue weighted by Gasteiger charge is -2.23. The van der Waals surface area contributed by atoms with Crippen molar-refractivity contribution in [3.05, 3.63) is 70.8 Å². The normalized spacial score (nSPS) is 9.95. The van der Waals surface area contributed by atoms with Gasteiger partial charge in [0, 0.05) is 25.2 Å². The molecule has 0 bridgehead atoms. The first-order valence-electron chi connectivity index (χ1n) is 7.22. The van der Waals surface area contributed by atoms with Crippen LogP contribution in [-0.4, -0.2) is 23.9 Å². The maximum atomic E-state index is 12.8. The topological polar surface area (TPSA) is 46.3 Å². The molecule has 2 rings (SSSR count). The Labute approximate surface area is 138 Å². The molecule has 1 amide bonds. The zero-order valence-corrected chi connectivity index (χ0v) is 13.9. The molecule has 0 fully saturated rings. The number of benzene rings is 2. The quantitative estimate of drug-likeness (QED) is 0.919. The number of carbonyl (C=O) groups excluding carboxylic acids is 1. The van der Waals surface area contributed by atoms with Gasteiger partial charge in [0.2, 0.25) is 0 Å². The fraction of sp³-hybridized carbons (Fsp3) is 0.278. The van der Waals surface area contributed by atoms with E-state index in [1.54, 1.807) is 0 Å². The Hall–Kier alpha value is -1.84. The van der Waals surface area contributed by atoms with Crippen LogP contribution in [0.25, 0.3) is 0 Å². The lowest BCUT2D eigenvalue weighted by molar-refractivity contribution is 0.0747.